The summed E-state index contributed by atoms with van der Waals surface area (Å²) in [6.07, 6.45) is 6.63. The molecule has 1 aliphatic heterocycles. The average molecular weight is 489 g/mol. The number of benzene rings is 2. The summed E-state index contributed by atoms with van der Waals surface area (Å²) >= 11 is 1.56. The van der Waals surface area contributed by atoms with Crippen molar-refractivity contribution in [3.05, 3.63) is 64.2 Å². The zero-order chi connectivity index (χ0) is 24.5. The van der Waals surface area contributed by atoms with Crippen LogP contribution < -0.4 is 10.6 Å². The molecule has 35 heavy (non-hydrogen) atoms. The predicted molar refractivity (Wildman–Crippen MR) is 149 cm³/mol. The third-order valence-electron chi connectivity index (χ3n) is 7.62. The molecule has 1 unspecified atom stereocenters. The van der Waals surface area contributed by atoms with E-state index in [0.29, 0.717) is 10.8 Å². The maximum Gasteiger partial charge on any atom is 0.259 e. The number of nitrogens with zero attached hydrogens (tertiary/aromatic N) is 2. The second kappa shape index (κ2) is 10.0. The Balaban J connectivity index is 1.64. The van der Waals surface area contributed by atoms with Crippen molar-refractivity contribution in [1.82, 2.24) is 9.88 Å². The molecule has 1 aliphatic rings. The molecule has 0 spiro atoms. The lowest BCUT2D eigenvalue weighted by Crippen LogP contribution is -2.44. The highest BCUT2D eigenvalue weighted by Crippen LogP contribution is 2.42. The number of carbonyl (C=O) groups excluding carboxylic acids is 1. The van der Waals surface area contributed by atoms with Crippen LogP contribution in [0.5, 0.6) is 0 Å². The van der Waals surface area contributed by atoms with E-state index < -0.39 is 0 Å². The molecule has 3 N–H and O–H groups in total. The molecule has 1 amide bonds. The van der Waals surface area contributed by atoms with Gasteiger partial charge in [-0.25, -0.2) is 0 Å². The Morgan fingerprint density at radius 2 is 1.94 bits per heavy atom. The van der Waals surface area contributed by atoms with Crippen molar-refractivity contribution < 1.29 is 4.79 Å². The van der Waals surface area contributed by atoms with Crippen molar-refractivity contribution >= 4 is 43.9 Å². The van der Waals surface area contributed by atoms with Gasteiger partial charge in [0.1, 0.15) is 0 Å². The molecule has 1 saturated heterocycles. The molecule has 5 rings (SSSR count). The number of unbranched alkanes of at least 4 members (excludes halogenated alkanes) is 1. The van der Waals surface area contributed by atoms with Gasteiger partial charge in [0.25, 0.3) is 5.91 Å². The molecule has 1 fully saturated rings. The lowest BCUT2D eigenvalue weighted by Gasteiger charge is -2.34. The minimum Gasteiger partial charge on any atom is -0.369 e. The van der Waals surface area contributed by atoms with Crippen LogP contribution in [0.1, 0.15) is 58.5 Å². The number of anilines is 1. The number of aryl methyl sites for hydroxylation is 1. The Labute approximate surface area is 211 Å². The van der Waals surface area contributed by atoms with Crippen molar-refractivity contribution in [3.63, 3.8) is 0 Å². The van der Waals surface area contributed by atoms with Crippen LogP contribution in [0.3, 0.4) is 0 Å². The number of piperazine rings is 1. The average Bonchev–Trinajstić information content (AvgIpc) is 3.42. The first-order chi connectivity index (χ1) is 17.0. The van der Waals surface area contributed by atoms with Crippen molar-refractivity contribution in [3.8, 4) is 0 Å². The van der Waals surface area contributed by atoms with Crippen molar-refractivity contribution in [2.24, 2.45) is 5.73 Å². The van der Waals surface area contributed by atoms with Gasteiger partial charge < -0.3 is 20.5 Å². The van der Waals surface area contributed by atoms with E-state index in [4.69, 9.17) is 5.73 Å². The quantitative estimate of drug-likeness (QED) is 0.317. The number of hydrogen-bond acceptors (Lipinski definition) is 4. The fourth-order valence-electron chi connectivity index (χ4n) is 5.59. The monoisotopic (exact) mass is 488 g/mol. The highest BCUT2D eigenvalue weighted by Gasteiger charge is 2.25. The molecule has 0 radical (unpaired) electrons. The van der Waals surface area contributed by atoms with Crippen LogP contribution in [0, 0.1) is 6.92 Å². The highest BCUT2D eigenvalue weighted by atomic mass is 32.1. The number of amides is 1. The molecule has 184 valence electrons. The van der Waals surface area contributed by atoms with E-state index in [1.165, 1.54) is 50.6 Å². The Morgan fingerprint density at radius 3 is 2.69 bits per heavy atom. The van der Waals surface area contributed by atoms with Gasteiger partial charge in [-0.15, -0.1) is 11.3 Å². The van der Waals surface area contributed by atoms with E-state index in [0.717, 1.165) is 44.6 Å². The van der Waals surface area contributed by atoms with Gasteiger partial charge >= 0.3 is 0 Å². The van der Waals surface area contributed by atoms with Gasteiger partial charge in [0, 0.05) is 53.7 Å². The maximum absolute atomic E-state index is 12.3. The number of likely N-dealkylation sites (N-methyl/N-ethyl adjacent to an activating group) is 1. The number of rotatable bonds is 8. The van der Waals surface area contributed by atoms with Crippen LogP contribution >= 0.6 is 11.3 Å². The van der Waals surface area contributed by atoms with E-state index in [9.17, 15) is 4.79 Å². The molecule has 0 aliphatic carbocycles. The molecular weight excluding hydrogens is 452 g/mol. The summed E-state index contributed by atoms with van der Waals surface area (Å²) in [5.41, 5.74) is 12.0. The number of thiophene rings is 1. The number of aromatic amines is 1. The largest absolute Gasteiger partial charge is 0.369 e. The number of primary amides is 1. The van der Waals surface area contributed by atoms with Crippen LogP contribution in [0.25, 0.3) is 21.0 Å². The van der Waals surface area contributed by atoms with Gasteiger partial charge in [-0.05, 0) is 73.0 Å². The Hall–Kier alpha value is -2.83. The van der Waals surface area contributed by atoms with E-state index >= 15 is 0 Å². The summed E-state index contributed by atoms with van der Waals surface area (Å²) in [6.45, 7) is 8.52. The van der Waals surface area contributed by atoms with Gasteiger partial charge in [0.2, 0.25) is 0 Å². The first kappa shape index (κ1) is 23.9. The number of fused-ring (bicyclic) bond motifs is 2. The van der Waals surface area contributed by atoms with Crippen LogP contribution in [0.2, 0.25) is 0 Å². The summed E-state index contributed by atoms with van der Waals surface area (Å²) < 4.78 is 1.18. The van der Waals surface area contributed by atoms with Crippen LogP contribution in [-0.2, 0) is 6.42 Å². The molecule has 6 heteroatoms. The number of nitrogens with two attached hydrogens (primary N) is 1. The van der Waals surface area contributed by atoms with Crippen LogP contribution in [0.4, 0.5) is 5.69 Å². The summed E-state index contributed by atoms with van der Waals surface area (Å²) in [6, 6.07) is 13.3. The van der Waals surface area contributed by atoms with Gasteiger partial charge in [0.05, 0.1) is 4.88 Å². The smallest absolute Gasteiger partial charge is 0.259 e. The van der Waals surface area contributed by atoms with E-state index in [1.807, 2.05) is 0 Å². The Bertz CT molecular complexity index is 1350. The van der Waals surface area contributed by atoms with E-state index in [1.54, 1.807) is 11.3 Å². The number of para-hydroxylation sites is 1. The van der Waals surface area contributed by atoms with Crippen LogP contribution in [-0.4, -0.2) is 49.0 Å². The Kier molecular flexibility index (Phi) is 6.85. The SMILES string of the molecule is CCCCC(Cc1c[nH]c2ccccc12)c1cc(N2CCN(C)CC2)cc2sc(C(N)=O)c(C)c12. The van der Waals surface area contributed by atoms with Crippen molar-refractivity contribution in [1.29, 1.82) is 0 Å². The van der Waals surface area contributed by atoms with Crippen LogP contribution in [0.15, 0.2) is 42.6 Å². The zero-order valence-corrected chi connectivity index (χ0v) is 21.9. The number of H-pyrrole nitrogens is 1. The summed E-state index contributed by atoms with van der Waals surface area (Å²) in [5.74, 6) is 0.0515. The zero-order valence-electron chi connectivity index (χ0n) is 21.1. The molecule has 0 saturated carbocycles. The third-order valence-corrected chi connectivity index (χ3v) is 8.88. The summed E-state index contributed by atoms with van der Waals surface area (Å²) in [4.78, 5) is 21.3. The summed E-state index contributed by atoms with van der Waals surface area (Å²) in [7, 11) is 2.19. The minimum absolute atomic E-state index is 0.322. The number of hydrogen-bond donors (Lipinski definition) is 2. The number of nitrogens with one attached hydrogen (secondary N) is 1. The molecule has 4 aromatic rings. The fourth-order valence-corrected chi connectivity index (χ4v) is 6.72. The molecule has 2 aromatic heterocycles. The fraction of sp³-hybridized carbons (Fsp3) is 0.414. The standard InChI is InChI=1S/C29H36N4OS/c1-4-5-8-20(15-21-18-31-25-10-7-6-9-23(21)25)24-16-22(33-13-11-32(3)12-14-33)17-26-27(24)19(2)28(35-26)29(30)34/h6-7,9-10,16-18,20,31H,4-5,8,11-15H2,1-3H3,(H2,30,34). The van der Waals surface area contributed by atoms with Gasteiger partial charge in [-0.1, -0.05) is 38.0 Å². The second-order valence-electron chi connectivity index (χ2n) is 10.0. The first-order valence-electron chi connectivity index (χ1n) is 12.8. The van der Waals surface area contributed by atoms with E-state index in [2.05, 4.69) is 78.3 Å². The molecule has 5 nitrogen and oxygen atoms in total. The van der Waals surface area contributed by atoms with E-state index in [-0.39, 0.29) is 5.91 Å². The lowest BCUT2D eigenvalue weighted by atomic mass is 9.84. The van der Waals surface area contributed by atoms with Crippen molar-refractivity contribution in [2.75, 3.05) is 38.1 Å². The molecule has 3 heterocycles. The van der Waals surface area contributed by atoms with Crippen molar-refractivity contribution in [2.45, 2.75) is 45.4 Å². The third kappa shape index (κ3) is 4.69. The summed E-state index contributed by atoms with van der Waals surface area (Å²) in [5, 5.41) is 2.54. The lowest BCUT2D eigenvalue weighted by molar-refractivity contribution is 0.100. The second-order valence-corrected chi connectivity index (χ2v) is 11.1. The first-order valence-corrected chi connectivity index (χ1v) is 13.6. The molecular formula is C29H36N4OS. The highest BCUT2D eigenvalue weighted by molar-refractivity contribution is 7.21. The van der Waals surface area contributed by atoms with Gasteiger partial charge in [-0.3, -0.25) is 4.79 Å². The molecule has 0 bridgehead atoms. The normalized spacial score (nSPS) is 15.8. The topological polar surface area (TPSA) is 65.4 Å². The number of aromatic nitrogens is 1. The molecule has 1 atom stereocenters. The maximum atomic E-state index is 12.3. The molecule has 2 aromatic carbocycles. The van der Waals surface area contributed by atoms with Gasteiger partial charge in [0.15, 0.2) is 0 Å². The minimum atomic E-state index is -0.322. The number of carbonyl (C=O) groups is 1. The van der Waals surface area contributed by atoms with Gasteiger partial charge in [-0.2, -0.15) is 0 Å². The Morgan fingerprint density at radius 1 is 1.17 bits per heavy atom. The predicted octanol–water partition coefficient (Wildman–Crippen LogP) is 6.06.